The van der Waals surface area contributed by atoms with E-state index in [2.05, 4.69) is 25.8 Å². The maximum absolute atomic E-state index is 10.8. The van der Waals surface area contributed by atoms with Crippen LogP contribution < -0.4 is 15.4 Å². The highest BCUT2D eigenvalue weighted by Crippen LogP contribution is 2.34. The zero-order valence-electron chi connectivity index (χ0n) is 15.4. The van der Waals surface area contributed by atoms with Crippen molar-refractivity contribution in [2.75, 3.05) is 10.6 Å². The first kappa shape index (κ1) is 17.8. The van der Waals surface area contributed by atoms with Crippen LogP contribution in [0, 0.1) is 13.8 Å². The van der Waals surface area contributed by atoms with Crippen LogP contribution in [0.4, 0.5) is 21.9 Å². The smallest absolute Gasteiger partial charge is 0.409 e. The van der Waals surface area contributed by atoms with Gasteiger partial charge in [-0.2, -0.15) is 0 Å². The molecule has 4 rings (SSSR count). The highest BCUT2D eigenvalue weighted by atomic mass is 16.5. The Balaban J connectivity index is 1.61. The molecule has 0 unspecified atom stereocenters. The number of amides is 1. The van der Waals surface area contributed by atoms with E-state index in [9.17, 15) is 4.79 Å². The number of rotatable bonds is 6. The third-order valence-corrected chi connectivity index (χ3v) is 4.23. The van der Waals surface area contributed by atoms with Crippen LogP contribution in [0.25, 0.3) is 11.5 Å². The standard InChI is InChI=1S/C19H19N5O4/c1-10-15(23-19(25)26)5-6-16(21-10)18-17(11(2)24-28-18)22-12-7-14(9-20-8-12)27-13-3-4-13/h5-9,13,22-23H,3-4H2,1-2H3,(H,25,26). The van der Waals surface area contributed by atoms with Crippen molar-refractivity contribution in [3.05, 3.63) is 42.0 Å². The predicted molar refractivity (Wildman–Crippen MR) is 102 cm³/mol. The molecule has 0 aliphatic heterocycles. The lowest BCUT2D eigenvalue weighted by molar-refractivity contribution is 0.209. The molecular formula is C19H19N5O4. The van der Waals surface area contributed by atoms with Gasteiger partial charge in [0.2, 0.25) is 5.76 Å². The average Bonchev–Trinajstić information content (AvgIpc) is 3.39. The number of hydrogen-bond acceptors (Lipinski definition) is 7. The van der Waals surface area contributed by atoms with Gasteiger partial charge in [0.05, 0.1) is 35.6 Å². The first-order valence-electron chi connectivity index (χ1n) is 8.82. The number of carboxylic acid groups (broad SMARTS) is 1. The van der Waals surface area contributed by atoms with Crippen LogP contribution in [0.3, 0.4) is 0 Å². The van der Waals surface area contributed by atoms with Crippen LogP contribution >= 0.6 is 0 Å². The fourth-order valence-electron chi connectivity index (χ4n) is 2.70. The number of nitrogens with zero attached hydrogens (tertiary/aromatic N) is 3. The molecule has 1 saturated carbocycles. The Morgan fingerprint density at radius 3 is 2.79 bits per heavy atom. The number of hydrogen-bond donors (Lipinski definition) is 3. The van der Waals surface area contributed by atoms with E-state index in [4.69, 9.17) is 14.4 Å². The first-order valence-corrected chi connectivity index (χ1v) is 8.82. The fraction of sp³-hybridized carbons (Fsp3) is 0.263. The Labute approximate surface area is 160 Å². The molecule has 0 radical (unpaired) electrons. The third-order valence-electron chi connectivity index (χ3n) is 4.23. The molecule has 0 bridgehead atoms. The molecule has 3 N–H and O–H groups in total. The van der Waals surface area contributed by atoms with Crippen molar-refractivity contribution in [1.82, 2.24) is 15.1 Å². The lowest BCUT2D eigenvalue weighted by Crippen LogP contribution is -2.09. The van der Waals surface area contributed by atoms with E-state index in [1.807, 2.05) is 13.0 Å². The molecular weight excluding hydrogens is 362 g/mol. The van der Waals surface area contributed by atoms with Gasteiger partial charge in [-0.05, 0) is 38.8 Å². The number of ether oxygens (including phenoxy) is 1. The van der Waals surface area contributed by atoms with Gasteiger partial charge < -0.3 is 19.7 Å². The van der Waals surface area contributed by atoms with E-state index in [0.29, 0.717) is 40.0 Å². The van der Waals surface area contributed by atoms with Gasteiger partial charge >= 0.3 is 6.09 Å². The molecule has 1 aliphatic rings. The lowest BCUT2D eigenvalue weighted by atomic mass is 10.2. The van der Waals surface area contributed by atoms with Crippen LogP contribution in [-0.4, -0.2) is 32.4 Å². The minimum Gasteiger partial charge on any atom is -0.489 e. The zero-order valence-corrected chi connectivity index (χ0v) is 15.4. The van der Waals surface area contributed by atoms with E-state index in [0.717, 1.165) is 18.5 Å². The minimum atomic E-state index is -1.14. The molecule has 0 spiro atoms. The number of carbonyl (C=O) groups is 1. The predicted octanol–water partition coefficient (Wildman–Crippen LogP) is 4.12. The summed E-state index contributed by atoms with van der Waals surface area (Å²) in [5.41, 5.74) is 3.55. The highest BCUT2D eigenvalue weighted by Gasteiger charge is 2.24. The van der Waals surface area contributed by atoms with Crippen molar-refractivity contribution in [1.29, 1.82) is 0 Å². The SMILES string of the molecule is Cc1nc(-c2onc(C)c2Nc2cncc(OC3CC3)c2)ccc1NC(=O)O. The summed E-state index contributed by atoms with van der Waals surface area (Å²) in [7, 11) is 0. The van der Waals surface area contributed by atoms with Gasteiger partial charge in [0.25, 0.3) is 0 Å². The quantitative estimate of drug-likeness (QED) is 0.583. The fourth-order valence-corrected chi connectivity index (χ4v) is 2.70. The molecule has 3 aromatic heterocycles. The molecule has 9 heteroatoms. The highest BCUT2D eigenvalue weighted by molar-refractivity contribution is 5.84. The lowest BCUT2D eigenvalue weighted by Gasteiger charge is -2.10. The average molecular weight is 381 g/mol. The normalized spacial score (nSPS) is 13.2. The summed E-state index contributed by atoms with van der Waals surface area (Å²) >= 11 is 0. The Morgan fingerprint density at radius 2 is 2.07 bits per heavy atom. The molecule has 1 amide bonds. The molecule has 3 aromatic rings. The van der Waals surface area contributed by atoms with Crippen LogP contribution in [0.1, 0.15) is 24.2 Å². The molecule has 0 atom stereocenters. The van der Waals surface area contributed by atoms with E-state index >= 15 is 0 Å². The van der Waals surface area contributed by atoms with Gasteiger partial charge in [0, 0.05) is 6.07 Å². The molecule has 3 heterocycles. The van der Waals surface area contributed by atoms with Crippen molar-refractivity contribution in [3.63, 3.8) is 0 Å². The zero-order chi connectivity index (χ0) is 19.7. The van der Waals surface area contributed by atoms with Crippen LogP contribution in [-0.2, 0) is 0 Å². The monoisotopic (exact) mass is 381 g/mol. The molecule has 0 saturated heterocycles. The molecule has 144 valence electrons. The second kappa shape index (κ2) is 7.18. The van der Waals surface area contributed by atoms with Crippen molar-refractivity contribution in [3.8, 4) is 17.2 Å². The van der Waals surface area contributed by atoms with Crippen LogP contribution in [0.2, 0.25) is 0 Å². The van der Waals surface area contributed by atoms with Crippen molar-refractivity contribution < 1.29 is 19.2 Å². The van der Waals surface area contributed by atoms with Crippen molar-refractivity contribution in [2.45, 2.75) is 32.8 Å². The summed E-state index contributed by atoms with van der Waals surface area (Å²) in [5.74, 6) is 1.16. The van der Waals surface area contributed by atoms with Crippen LogP contribution in [0.5, 0.6) is 5.75 Å². The van der Waals surface area contributed by atoms with E-state index in [-0.39, 0.29) is 6.10 Å². The Hall–Kier alpha value is -3.62. The van der Waals surface area contributed by atoms with Gasteiger partial charge in [0.1, 0.15) is 22.8 Å². The Morgan fingerprint density at radius 1 is 1.25 bits per heavy atom. The molecule has 9 nitrogen and oxygen atoms in total. The second-order valence-corrected chi connectivity index (χ2v) is 6.58. The van der Waals surface area contributed by atoms with Crippen molar-refractivity contribution in [2.24, 2.45) is 0 Å². The molecule has 1 fully saturated rings. The molecule has 0 aromatic carbocycles. The minimum absolute atomic E-state index is 0.287. The van der Waals surface area contributed by atoms with E-state index in [1.54, 1.807) is 31.5 Å². The second-order valence-electron chi connectivity index (χ2n) is 6.58. The summed E-state index contributed by atoms with van der Waals surface area (Å²) in [6.45, 7) is 3.54. The number of anilines is 3. The van der Waals surface area contributed by atoms with Gasteiger partial charge in [-0.1, -0.05) is 5.16 Å². The van der Waals surface area contributed by atoms with E-state index < -0.39 is 6.09 Å². The number of aryl methyl sites for hydroxylation is 2. The summed E-state index contributed by atoms with van der Waals surface area (Å²) in [6, 6.07) is 5.19. The number of aromatic nitrogens is 3. The van der Waals surface area contributed by atoms with E-state index in [1.165, 1.54) is 0 Å². The summed E-state index contributed by atoms with van der Waals surface area (Å²) in [6.07, 6.45) is 4.67. The molecule has 1 aliphatic carbocycles. The van der Waals surface area contributed by atoms with Gasteiger partial charge in [0.15, 0.2) is 0 Å². The van der Waals surface area contributed by atoms with Gasteiger partial charge in [-0.15, -0.1) is 0 Å². The topological polar surface area (TPSA) is 122 Å². The maximum atomic E-state index is 10.8. The maximum Gasteiger partial charge on any atom is 0.409 e. The van der Waals surface area contributed by atoms with Crippen LogP contribution in [0.15, 0.2) is 35.1 Å². The first-order chi connectivity index (χ1) is 13.5. The Kier molecular flexibility index (Phi) is 4.56. The third kappa shape index (κ3) is 3.88. The Bertz CT molecular complexity index is 1030. The van der Waals surface area contributed by atoms with Crippen molar-refractivity contribution >= 4 is 23.2 Å². The summed E-state index contributed by atoms with van der Waals surface area (Å²) in [4.78, 5) is 19.5. The number of pyridine rings is 2. The van der Waals surface area contributed by atoms with Gasteiger partial charge in [-0.3, -0.25) is 10.3 Å². The van der Waals surface area contributed by atoms with Gasteiger partial charge in [-0.25, -0.2) is 9.78 Å². The summed E-state index contributed by atoms with van der Waals surface area (Å²) in [5, 5.41) is 18.5. The summed E-state index contributed by atoms with van der Waals surface area (Å²) < 4.78 is 11.3. The number of nitrogens with one attached hydrogen (secondary N) is 2. The largest absolute Gasteiger partial charge is 0.489 e. The molecule has 28 heavy (non-hydrogen) atoms.